The molecule has 2 nitrogen and oxygen atoms in total. The lowest BCUT2D eigenvalue weighted by Crippen LogP contribution is -2.25. The maximum absolute atomic E-state index is 6.07. The number of benzene rings is 1. The molecule has 0 heterocycles. The molecule has 0 amide bonds. The fraction of sp³-hybridized carbons (Fsp3) is 0.600. The van der Waals surface area contributed by atoms with Crippen molar-refractivity contribution in [2.24, 2.45) is 11.7 Å². The SMILES string of the molecule is CCC1CCCC(Oc2cccc(CN)c2)C1. The molecule has 2 unspecified atom stereocenters. The van der Waals surface area contributed by atoms with Crippen LogP contribution >= 0.6 is 0 Å². The van der Waals surface area contributed by atoms with Gasteiger partial charge < -0.3 is 10.5 Å². The molecule has 0 radical (unpaired) electrons. The maximum Gasteiger partial charge on any atom is 0.120 e. The van der Waals surface area contributed by atoms with E-state index in [1.807, 2.05) is 18.2 Å². The van der Waals surface area contributed by atoms with Gasteiger partial charge in [0, 0.05) is 6.54 Å². The van der Waals surface area contributed by atoms with Crippen molar-refractivity contribution >= 4 is 0 Å². The second-order valence-corrected chi connectivity index (χ2v) is 5.03. The van der Waals surface area contributed by atoms with Crippen LogP contribution < -0.4 is 10.5 Å². The molecule has 0 spiro atoms. The highest BCUT2D eigenvalue weighted by Crippen LogP contribution is 2.29. The van der Waals surface area contributed by atoms with E-state index in [0.29, 0.717) is 12.6 Å². The van der Waals surface area contributed by atoms with Crippen LogP contribution in [0.4, 0.5) is 0 Å². The third-order valence-corrected chi connectivity index (χ3v) is 3.75. The minimum absolute atomic E-state index is 0.404. The van der Waals surface area contributed by atoms with Gasteiger partial charge in [-0.05, 0) is 42.9 Å². The van der Waals surface area contributed by atoms with E-state index in [9.17, 15) is 0 Å². The van der Waals surface area contributed by atoms with Crippen LogP contribution in [0.25, 0.3) is 0 Å². The molecule has 0 saturated heterocycles. The summed E-state index contributed by atoms with van der Waals surface area (Å²) in [5.41, 5.74) is 6.78. The lowest BCUT2D eigenvalue weighted by atomic mass is 9.85. The van der Waals surface area contributed by atoms with Crippen molar-refractivity contribution in [2.75, 3.05) is 0 Å². The molecular formula is C15H23NO. The van der Waals surface area contributed by atoms with Gasteiger partial charge in [0.1, 0.15) is 5.75 Å². The van der Waals surface area contributed by atoms with Crippen LogP contribution in [0.15, 0.2) is 24.3 Å². The topological polar surface area (TPSA) is 35.2 Å². The van der Waals surface area contributed by atoms with Gasteiger partial charge in [-0.3, -0.25) is 0 Å². The second kappa shape index (κ2) is 6.06. The van der Waals surface area contributed by atoms with Crippen LogP contribution in [0, 0.1) is 5.92 Å². The lowest BCUT2D eigenvalue weighted by Gasteiger charge is -2.29. The summed E-state index contributed by atoms with van der Waals surface area (Å²) in [4.78, 5) is 0. The lowest BCUT2D eigenvalue weighted by molar-refractivity contribution is 0.122. The fourth-order valence-electron chi connectivity index (χ4n) is 2.66. The predicted octanol–water partition coefficient (Wildman–Crippen LogP) is 3.49. The van der Waals surface area contributed by atoms with Crippen LogP contribution in [0.1, 0.15) is 44.6 Å². The number of ether oxygens (including phenoxy) is 1. The normalized spacial score (nSPS) is 24.6. The maximum atomic E-state index is 6.07. The van der Waals surface area contributed by atoms with E-state index in [1.165, 1.54) is 32.1 Å². The van der Waals surface area contributed by atoms with Gasteiger partial charge in [-0.15, -0.1) is 0 Å². The van der Waals surface area contributed by atoms with Crippen molar-refractivity contribution in [3.63, 3.8) is 0 Å². The molecule has 0 bridgehead atoms. The molecule has 17 heavy (non-hydrogen) atoms. The monoisotopic (exact) mass is 233 g/mol. The Morgan fingerprint density at radius 1 is 1.35 bits per heavy atom. The standard InChI is InChI=1S/C15H23NO/c1-2-12-5-3-7-14(9-12)17-15-8-4-6-13(10-15)11-16/h4,6,8,10,12,14H,2-3,5,7,9,11,16H2,1H3. The molecule has 2 rings (SSSR count). The van der Waals surface area contributed by atoms with Crippen LogP contribution in [0.3, 0.4) is 0 Å². The van der Waals surface area contributed by atoms with E-state index in [4.69, 9.17) is 10.5 Å². The van der Waals surface area contributed by atoms with Gasteiger partial charge in [-0.2, -0.15) is 0 Å². The molecule has 2 atom stereocenters. The molecule has 0 aromatic heterocycles. The Morgan fingerprint density at radius 3 is 3.00 bits per heavy atom. The molecule has 94 valence electrons. The smallest absolute Gasteiger partial charge is 0.120 e. The zero-order valence-corrected chi connectivity index (χ0v) is 10.7. The summed E-state index contributed by atoms with van der Waals surface area (Å²) >= 11 is 0. The van der Waals surface area contributed by atoms with Gasteiger partial charge in [0.15, 0.2) is 0 Å². The molecule has 1 fully saturated rings. The predicted molar refractivity (Wildman–Crippen MR) is 71.0 cm³/mol. The van der Waals surface area contributed by atoms with Gasteiger partial charge >= 0.3 is 0 Å². The summed E-state index contributed by atoms with van der Waals surface area (Å²) in [6, 6.07) is 8.17. The first-order valence-electron chi connectivity index (χ1n) is 6.77. The summed E-state index contributed by atoms with van der Waals surface area (Å²) in [5.74, 6) is 1.83. The second-order valence-electron chi connectivity index (χ2n) is 5.03. The zero-order valence-electron chi connectivity index (χ0n) is 10.7. The quantitative estimate of drug-likeness (QED) is 0.864. The van der Waals surface area contributed by atoms with Crippen LogP contribution in [-0.4, -0.2) is 6.10 Å². The van der Waals surface area contributed by atoms with Crippen molar-refractivity contribution in [2.45, 2.75) is 51.7 Å². The summed E-state index contributed by atoms with van der Waals surface area (Å²) in [5, 5.41) is 0. The zero-order chi connectivity index (χ0) is 12.1. The summed E-state index contributed by atoms with van der Waals surface area (Å²) in [6.45, 7) is 2.86. The van der Waals surface area contributed by atoms with Crippen molar-refractivity contribution in [3.05, 3.63) is 29.8 Å². The highest BCUT2D eigenvalue weighted by molar-refractivity contribution is 5.28. The Hall–Kier alpha value is -1.02. The molecule has 1 saturated carbocycles. The Balaban J connectivity index is 1.95. The molecule has 1 aliphatic carbocycles. The third kappa shape index (κ3) is 3.47. The molecule has 2 N–H and O–H groups in total. The van der Waals surface area contributed by atoms with Crippen LogP contribution in [-0.2, 0) is 6.54 Å². The largest absolute Gasteiger partial charge is 0.490 e. The molecular weight excluding hydrogens is 210 g/mol. The van der Waals surface area contributed by atoms with Crippen molar-refractivity contribution in [1.29, 1.82) is 0 Å². The number of rotatable bonds is 4. The minimum Gasteiger partial charge on any atom is -0.490 e. The van der Waals surface area contributed by atoms with Crippen LogP contribution in [0.5, 0.6) is 5.75 Å². The molecule has 1 aromatic carbocycles. The van der Waals surface area contributed by atoms with E-state index in [-0.39, 0.29) is 0 Å². The van der Waals surface area contributed by atoms with Gasteiger partial charge in [-0.25, -0.2) is 0 Å². The first-order chi connectivity index (χ1) is 8.31. The summed E-state index contributed by atoms with van der Waals surface area (Å²) < 4.78 is 6.07. The van der Waals surface area contributed by atoms with Gasteiger partial charge in [0.25, 0.3) is 0 Å². The number of hydrogen-bond acceptors (Lipinski definition) is 2. The van der Waals surface area contributed by atoms with Gasteiger partial charge in [0.2, 0.25) is 0 Å². The molecule has 0 aliphatic heterocycles. The van der Waals surface area contributed by atoms with Gasteiger partial charge in [-0.1, -0.05) is 31.9 Å². The Morgan fingerprint density at radius 2 is 2.24 bits per heavy atom. The first-order valence-corrected chi connectivity index (χ1v) is 6.77. The van der Waals surface area contributed by atoms with E-state index in [2.05, 4.69) is 13.0 Å². The van der Waals surface area contributed by atoms with Crippen molar-refractivity contribution < 1.29 is 4.74 Å². The number of nitrogens with two attached hydrogens (primary N) is 1. The average molecular weight is 233 g/mol. The van der Waals surface area contributed by atoms with Gasteiger partial charge in [0.05, 0.1) is 6.10 Å². The van der Waals surface area contributed by atoms with E-state index < -0.39 is 0 Å². The third-order valence-electron chi connectivity index (χ3n) is 3.75. The highest BCUT2D eigenvalue weighted by Gasteiger charge is 2.21. The Bertz CT molecular complexity index is 351. The molecule has 2 heteroatoms. The summed E-state index contributed by atoms with van der Waals surface area (Å²) in [7, 11) is 0. The summed E-state index contributed by atoms with van der Waals surface area (Å²) in [6.07, 6.45) is 6.77. The van der Waals surface area contributed by atoms with E-state index in [1.54, 1.807) is 0 Å². The fourth-order valence-corrected chi connectivity index (χ4v) is 2.66. The van der Waals surface area contributed by atoms with Crippen molar-refractivity contribution in [3.8, 4) is 5.75 Å². The molecule has 1 aromatic rings. The highest BCUT2D eigenvalue weighted by atomic mass is 16.5. The van der Waals surface area contributed by atoms with E-state index >= 15 is 0 Å². The minimum atomic E-state index is 0.404. The average Bonchev–Trinajstić information content (AvgIpc) is 2.39. The number of hydrogen-bond donors (Lipinski definition) is 1. The Labute approximate surface area is 104 Å². The first kappa shape index (κ1) is 12.4. The van der Waals surface area contributed by atoms with Crippen LogP contribution in [0.2, 0.25) is 0 Å². The Kier molecular flexibility index (Phi) is 4.43. The van der Waals surface area contributed by atoms with E-state index in [0.717, 1.165) is 17.2 Å². The van der Waals surface area contributed by atoms with Crippen molar-refractivity contribution in [1.82, 2.24) is 0 Å². The molecule has 1 aliphatic rings.